The van der Waals surface area contributed by atoms with Crippen molar-refractivity contribution in [1.29, 1.82) is 5.26 Å². The number of carbonyl (C=O) groups excluding carboxylic acids is 1. The Balaban J connectivity index is 1.23. The van der Waals surface area contributed by atoms with Gasteiger partial charge in [-0.2, -0.15) is 10.2 Å². The molecule has 1 aliphatic carbocycles. The van der Waals surface area contributed by atoms with Crippen molar-refractivity contribution >= 4 is 23.4 Å². The summed E-state index contributed by atoms with van der Waals surface area (Å²) in [5, 5.41) is 9.60. The third-order valence-electron chi connectivity index (χ3n) is 10.9. The molecule has 0 bridgehead atoms. The van der Waals surface area contributed by atoms with E-state index >= 15 is 0 Å². The molecular weight excluding hydrogens is 536 g/mol. The largest absolute Gasteiger partial charge is 0.368 e. The highest BCUT2D eigenvalue weighted by Crippen LogP contribution is 2.40. The number of carbonyl (C=O) groups is 1. The van der Waals surface area contributed by atoms with E-state index in [4.69, 9.17) is 9.97 Å². The van der Waals surface area contributed by atoms with Crippen molar-refractivity contribution in [2.75, 3.05) is 67.6 Å². The number of likely N-dealkylation sites (tertiary alicyclic amines) is 1. The molecule has 43 heavy (non-hydrogen) atoms. The summed E-state index contributed by atoms with van der Waals surface area (Å²) in [6, 6.07) is 11.5. The predicted octanol–water partition coefficient (Wildman–Crippen LogP) is 3.58. The minimum absolute atomic E-state index is 0.0991. The zero-order valence-electron chi connectivity index (χ0n) is 25.5. The minimum atomic E-state index is -0.179. The maximum absolute atomic E-state index is 12.6. The van der Waals surface area contributed by atoms with Gasteiger partial charge in [-0.3, -0.25) is 9.69 Å². The van der Waals surface area contributed by atoms with E-state index in [1.807, 2.05) is 4.90 Å². The summed E-state index contributed by atoms with van der Waals surface area (Å²) >= 11 is 0. The molecule has 9 nitrogen and oxygen atoms in total. The quantitative estimate of drug-likeness (QED) is 0.497. The van der Waals surface area contributed by atoms with Gasteiger partial charge in [-0.15, -0.1) is 0 Å². The van der Waals surface area contributed by atoms with Crippen molar-refractivity contribution in [3.05, 3.63) is 53.7 Å². The van der Waals surface area contributed by atoms with Gasteiger partial charge in [-0.25, -0.2) is 4.98 Å². The number of likely N-dealkylation sites (N-methyl/N-ethyl adjacent to an activating group) is 1. The van der Waals surface area contributed by atoms with Gasteiger partial charge in [0, 0.05) is 68.5 Å². The highest BCUT2D eigenvalue weighted by Gasteiger charge is 2.45. The molecule has 1 aromatic heterocycles. The second-order valence-electron chi connectivity index (χ2n) is 13.2. The Hall–Kier alpha value is -3.64. The first-order valence-corrected chi connectivity index (χ1v) is 16.2. The molecule has 3 saturated heterocycles. The van der Waals surface area contributed by atoms with Crippen LogP contribution in [0.5, 0.6) is 0 Å². The molecule has 3 atom stereocenters. The molecule has 4 aliphatic heterocycles. The smallest absolute Gasteiger partial charge is 0.246 e. The molecule has 226 valence electrons. The fourth-order valence-electron chi connectivity index (χ4n) is 8.53. The maximum atomic E-state index is 12.6. The Bertz CT molecular complexity index is 1440. The van der Waals surface area contributed by atoms with E-state index in [0.717, 1.165) is 70.0 Å². The highest BCUT2D eigenvalue weighted by molar-refractivity contribution is 5.87. The number of nitrogens with zero attached hydrogens (tertiary/aromatic N) is 8. The number of hydrogen-bond acceptors (Lipinski definition) is 8. The molecule has 0 radical (unpaired) electrons. The summed E-state index contributed by atoms with van der Waals surface area (Å²) in [5.74, 6) is 1.77. The number of piperazine rings is 1. The number of aromatic nitrogens is 2. The molecule has 9 heteroatoms. The van der Waals surface area contributed by atoms with Gasteiger partial charge in [-0.05, 0) is 76.2 Å². The zero-order valence-corrected chi connectivity index (χ0v) is 25.5. The summed E-state index contributed by atoms with van der Waals surface area (Å²) < 4.78 is 0. The van der Waals surface area contributed by atoms with E-state index in [0.29, 0.717) is 32.1 Å². The van der Waals surface area contributed by atoms with Crippen molar-refractivity contribution in [1.82, 2.24) is 19.8 Å². The molecule has 5 aliphatic rings. The van der Waals surface area contributed by atoms with Gasteiger partial charge < -0.3 is 19.6 Å². The molecule has 1 spiro atoms. The number of rotatable bonds is 5. The average Bonchev–Trinajstić information content (AvgIpc) is 3.65. The van der Waals surface area contributed by atoms with Crippen molar-refractivity contribution < 1.29 is 4.79 Å². The Morgan fingerprint density at radius 2 is 1.98 bits per heavy atom. The van der Waals surface area contributed by atoms with Gasteiger partial charge in [-0.1, -0.05) is 24.8 Å². The lowest BCUT2D eigenvalue weighted by atomic mass is 9.88. The number of anilines is 3. The van der Waals surface area contributed by atoms with Crippen molar-refractivity contribution in [3.63, 3.8) is 0 Å². The zero-order chi connectivity index (χ0) is 29.6. The molecule has 0 saturated carbocycles. The van der Waals surface area contributed by atoms with Crippen LogP contribution in [-0.4, -0.2) is 96.2 Å². The van der Waals surface area contributed by atoms with Crippen LogP contribution in [0.25, 0.3) is 0 Å². The fraction of sp³-hybridized carbons (Fsp3) is 0.588. The van der Waals surface area contributed by atoms with Crippen LogP contribution in [0.4, 0.5) is 17.5 Å². The number of hydrogen-bond donors (Lipinski definition) is 0. The van der Waals surface area contributed by atoms with Gasteiger partial charge in [0.05, 0.1) is 24.2 Å². The fourth-order valence-corrected chi connectivity index (χ4v) is 8.53. The van der Waals surface area contributed by atoms with Crippen LogP contribution in [0.15, 0.2) is 36.9 Å². The summed E-state index contributed by atoms with van der Waals surface area (Å²) in [6.07, 6.45) is 10.6. The second-order valence-corrected chi connectivity index (χ2v) is 13.2. The molecule has 2 aromatic rings. The van der Waals surface area contributed by atoms with E-state index in [2.05, 4.69) is 63.6 Å². The number of amides is 1. The Morgan fingerprint density at radius 3 is 2.79 bits per heavy atom. The van der Waals surface area contributed by atoms with E-state index in [9.17, 15) is 10.1 Å². The van der Waals surface area contributed by atoms with Crippen molar-refractivity contribution in [2.45, 2.75) is 75.4 Å². The van der Waals surface area contributed by atoms with E-state index in [-0.39, 0.29) is 17.5 Å². The first kappa shape index (κ1) is 28.1. The Kier molecular flexibility index (Phi) is 7.50. The molecule has 3 unspecified atom stereocenters. The molecule has 3 fully saturated rings. The number of benzene rings is 1. The van der Waals surface area contributed by atoms with E-state index in [1.54, 1.807) is 0 Å². The standard InChI is InChI=1S/C34H44N8O/c1-3-31(43)42-21-20-39(23-27(42)13-16-35)32-28-12-11-26(41-18-6-9-25-8-4-5-10-30(25)41)22-29(28)36-33(37-32)40-19-15-34(24-40)14-7-17-38(34)2/h3-5,8,10,26-27H,1,6-7,9,11-15,17-24H2,2H3. The average molecular weight is 581 g/mol. The normalized spacial score (nSPS) is 27.3. The van der Waals surface area contributed by atoms with Crippen LogP contribution in [-0.2, 0) is 24.1 Å². The van der Waals surface area contributed by atoms with Gasteiger partial charge in [0.25, 0.3) is 0 Å². The SMILES string of the molecule is C=CC(=O)N1CCN(c2nc(N3CCC4(CCCN4C)C3)nc3c2CCC(N2CCCc4ccccc42)C3)CC1CC#N. The second kappa shape index (κ2) is 11.5. The molecule has 5 heterocycles. The Morgan fingerprint density at radius 1 is 1.09 bits per heavy atom. The van der Waals surface area contributed by atoms with Crippen molar-refractivity contribution in [3.8, 4) is 6.07 Å². The van der Waals surface area contributed by atoms with Gasteiger partial charge in [0.2, 0.25) is 11.9 Å². The summed E-state index contributed by atoms with van der Waals surface area (Å²) in [6.45, 7) is 9.77. The van der Waals surface area contributed by atoms with Crippen LogP contribution in [0, 0.1) is 11.3 Å². The lowest BCUT2D eigenvalue weighted by Crippen LogP contribution is -2.55. The molecule has 0 N–H and O–H groups in total. The maximum Gasteiger partial charge on any atom is 0.246 e. The van der Waals surface area contributed by atoms with Gasteiger partial charge in [0.15, 0.2) is 0 Å². The summed E-state index contributed by atoms with van der Waals surface area (Å²) in [7, 11) is 2.27. The third kappa shape index (κ3) is 5.04. The number of fused-ring (bicyclic) bond motifs is 2. The van der Waals surface area contributed by atoms with Crippen LogP contribution in [0.2, 0.25) is 0 Å². The third-order valence-corrected chi connectivity index (χ3v) is 10.9. The topological polar surface area (TPSA) is 82.8 Å². The lowest BCUT2D eigenvalue weighted by Gasteiger charge is -2.43. The Labute approximate surface area is 255 Å². The summed E-state index contributed by atoms with van der Waals surface area (Å²) in [4.78, 5) is 35.1. The van der Waals surface area contributed by atoms with Crippen LogP contribution >= 0.6 is 0 Å². The van der Waals surface area contributed by atoms with Crippen LogP contribution < -0.4 is 14.7 Å². The molecule has 1 aromatic carbocycles. The molecule has 1 amide bonds. The van der Waals surface area contributed by atoms with Gasteiger partial charge >= 0.3 is 0 Å². The van der Waals surface area contributed by atoms with Gasteiger partial charge in [0.1, 0.15) is 5.82 Å². The van der Waals surface area contributed by atoms with E-state index in [1.165, 1.54) is 47.8 Å². The first-order valence-electron chi connectivity index (χ1n) is 16.2. The molecule has 7 rings (SSSR count). The monoisotopic (exact) mass is 580 g/mol. The first-order chi connectivity index (χ1) is 21.0. The summed E-state index contributed by atoms with van der Waals surface area (Å²) in [5.41, 5.74) is 5.53. The van der Waals surface area contributed by atoms with Crippen LogP contribution in [0.3, 0.4) is 0 Å². The van der Waals surface area contributed by atoms with E-state index < -0.39 is 0 Å². The number of aryl methyl sites for hydroxylation is 1. The lowest BCUT2D eigenvalue weighted by molar-refractivity contribution is -0.128. The van der Waals surface area contributed by atoms with Crippen LogP contribution in [0.1, 0.15) is 55.3 Å². The molecular formula is C34H44N8O. The minimum Gasteiger partial charge on any atom is -0.368 e. The number of nitriles is 1. The highest BCUT2D eigenvalue weighted by atomic mass is 16.2. The number of para-hydroxylation sites is 1. The van der Waals surface area contributed by atoms with Crippen molar-refractivity contribution in [2.24, 2.45) is 0 Å². The predicted molar refractivity (Wildman–Crippen MR) is 170 cm³/mol.